The van der Waals surface area contributed by atoms with Crippen LogP contribution in [-0.2, 0) is 11.2 Å². The van der Waals surface area contributed by atoms with Crippen molar-refractivity contribution in [2.45, 2.75) is 6.42 Å². The third-order valence-electron chi connectivity index (χ3n) is 1.86. The van der Waals surface area contributed by atoms with Gasteiger partial charge in [0.1, 0.15) is 12.4 Å². The van der Waals surface area contributed by atoms with Gasteiger partial charge in [-0.2, -0.15) is 0 Å². The van der Waals surface area contributed by atoms with E-state index in [0.29, 0.717) is 13.0 Å². The van der Waals surface area contributed by atoms with Crippen molar-refractivity contribution in [2.24, 2.45) is 0 Å². The molecule has 0 unspecified atom stereocenters. The van der Waals surface area contributed by atoms with E-state index in [1.807, 2.05) is 0 Å². The zero-order chi connectivity index (χ0) is 11.3. The highest BCUT2D eigenvalue weighted by molar-refractivity contribution is 6.30. The van der Waals surface area contributed by atoms with Crippen LogP contribution < -0.4 is 5.32 Å². The number of benzene rings is 1. The smallest absolute Gasteiger partial charge is 0.245 e. The molecule has 1 amide bonds. The molecule has 0 bridgehead atoms. The fraction of sp³-hybridized carbons (Fsp3) is 0.300. The van der Waals surface area contributed by atoms with Gasteiger partial charge in [0.2, 0.25) is 5.91 Å². The second-order valence-electron chi connectivity index (χ2n) is 3.01. The van der Waals surface area contributed by atoms with Crippen molar-refractivity contribution in [3.63, 3.8) is 0 Å². The molecule has 5 heteroatoms. The Morgan fingerprint density at radius 3 is 2.87 bits per heavy atom. The monoisotopic (exact) mass is 231 g/mol. The highest BCUT2D eigenvalue weighted by Crippen LogP contribution is 2.15. The zero-order valence-corrected chi connectivity index (χ0v) is 8.72. The molecule has 1 rings (SSSR count). The molecule has 0 aliphatic heterocycles. The van der Waals surface area contributed by atoms with E-state index in [1.165, 1.54) is 12.1 Å². The maximum Gasteiger partial charge on any atom is 0.245 e. The largest absolute Gasteiger partial charge is 0.387 e. The van der Waals surface area contributed by atoms with Crippen LogP contribution in [0, 0.1) is 5.82 Å². The van der Waals surface area contributed by atoms with E-state index in [9.17, 15) is 9.18 Å². The number of amides is 1. The highest BCUT2D eigenvalue weighted by atomic mass is 35.5. The van der Waals surface area contributed by atoms with Crippen molar-refractivity contribution in [3.8, 4) is 0 Å². The first-order valence-corrected chi connectivity index (χ1v) is 4.82. The summed E-state index contributed by atoms with van der Waals surface area (Å²) < 4.78 is 12.8. The predicted molar refractivity (Wildman–Crippen MR) is 55.2 cm³/mol. The average Bonchev–Trinajstić information content (AvgIpc) is 2.23. The normalized spacial score (nSPS) is 10.1. The van der Waals surface area contributed by atoms with Crippen molar-refractivity contribution in [1.82, 2.24) is 5.32 Å². The van der Waals surface area contributed by atoms with Gasteiger partial charge in [-0.3, -0.25) is 4.79 Å². The van der Waals surface area contributed by atoms with Gasteiger partial charge >= 0.3 is 0 Å². The summed E-state index contributed by atoms with van der Waals surface area (Å²) in [5.74, 6) is -0.886. The Hall–Kier alpha value is -1.13. The molecule has 82 valence electrons. The summed E-state index contributed by atoms with van der Waals surface area (Å²) in [6, 6.07) is 4.40. The van der Waals surface area contributed by atoms with E-state index in [0.717, 1.165) is 5.56 Å². The van der Waals surface area contributed by atoms with Crippen LogP contribution >= 0.6 is 11.6 Å². The molecule has 0 fully saturated rings. The van der Waals surface area contributed by atoms with Gasteiger partial charge in [0.05, 0.1) is 5.02 Å². The van der Waals surface area contributed by atoms with E-state index in [-0.39, 0.29) is 5.02 Å². The highest BCUT2D eigenvalue weighted by Gasteiger charge is 2.01. The molecule has 3 nitrogen and oxygen atoms in total. The summed E-state index contributed by atoms with van der Waals surface area (Å²) in [4.78, 5) is 10.7. The van der Waals surface area contributed by atoms with Gasteiger partial charge in [-0.1, -0.05) is 17.7 Å². The summed E-state index contributed by atoms with van der Waals surface area (Å²) in [5, 5.41) is 11.0. The molecular weight excluding hydrogens is 221 g/mol. The topological polar surface area (TPSA) is 49.3 Å². The van der Waals surface area contributed by atoms with Gasteiger partial charge in [0.15, 0.2) is 0 Å². The number of aliphatic hydroxyl groups excluding tert-OH is 1. The number of nitrogens with one attached hydrogen (secondary N) is 1. The molecule has 2 N–H and O–H groups in total. The van der Waals surface area contributed by atoms with Crippen LogP contribution in [0.15, 0.2) is 18.2 Å². The van der Waals surface area contributed by atoms with Crippen LogP contribution in [0.1, 0.15) is 5.56 Å². The Labute approximate surface area is 91.9 Å². The fourth-order valence-corrected chi connectivity index (χ4v) is 1.30. The van der Waals surface area contributed by atoms with Gasteiger partial charge in [0.25, 0.3) is 0 Å². The lowest BCUT2D eigenvalue weighted by Crippen LogP contribution is -2.28. The Balaban J connectivity index is 2.44. The summed E-state index contributed by atoms with van der Waals surface area (Å²) in [6.45, 7) is -0.133. The molecule has 0 saturated heterocycles. The Morgan fingerprint density at radius 2 is 2.27 bits per heavy atom. The molecule has 0 aliphatic rings. The molecule has 0 radical (unpaired) electrons. The molecular formula is C10H11ClFNO2. The third-order valence-corrected chi connectivity index (χ3v) is 2.15. The second-order valence-corrected chi connectivity index (χ2v) is 3.41. The van der Waals surface area contributed by atoms with E-state index in [2.05, 4.69) is 5.32 Å². The minimum atomic E-state index is -0.524. The number of rotatable bonds is 4. The maximum atomic E-state index is 12.8. The Morgan fingerprint density at radius 1 is 1.53 bits per heavy atom. The van der Waals surface area contributed by atoms with Crippen molar-refractivity contribution in [3.05, 3.63) is 34.6 Å². The van der Waals surface area contributed by atoms with Gasteiger partial charge in [-0.05, 0) is 24.1 Å². The first-order chi connectivity index (χ1) is 7.13. The standard InChI is InChI=1S/C10H11ClFNO2/c11-8-5-7(1-2-9(8)12)3-4-13-10(15)6-14/h1-2,5,14H,3-4,6H2,(H,13,15). The number of aliphatic hydroxyl groups is 1. The molecule has 0 aliphatic carbocycles. The van der Waals surface area contributed by atoms with Gasteiger partial charge < -0.3 is 10.4 Å². The van der Waals surface area contributed by atoms with Crippen molar-refractivity contribution < 1.29 is 14.3 Å². The van der Waals surface area contributed by atoms with Crippen molar-refractivity contribution in [2.75, 3.05) is 13.2 Å². The van der Waals surface area contributed by atoms with Crippen LogP contribution in [0.4, 0.5) is 4.39 Å². The van der Waals surface area contributed by atoms with Crippen LogP contribution in [0.5, 0.6) is 0 Å². The number of hydrogen-bond donors (Lipinski definition) is 2. The first kappa shape index (κ1) is 11.9. The second kappa shape index (κ2) is 5.68. The molecule has 0 aromatic heterocycles. The van der Waals surface area contributed by atoms with Crippen molar-refractivity contribution in [1.29, 1.82) is 0 Å². The van der Waals surface area contributed by atoms with E-state index < -0.39 is 18.3 Å². The van der Waals surface area contributed by atoms with Crippen LogP contribution in [0.3, 0.4) is 0 Å². The minimum absolute atomic E-state index is 0.0704. The Kier molecular flexibility index (Phi) is 4.52. The molecule has 15 heavy (non-hydrogen) atoms. The number of hydrogen-bond acceptors (Lipinski definition) is 2. The fourth-order valence-electron chi connectivity index (χ4n) is 1.10. The van der Waals surface area contributed by atoms with E-state index >= 15 is 0 Å². The summed E-state index contributed by atoms with van der Waals surface area (Å²) in [5.41, 5.74) is 0.833. The Bertz CT molecular complexity index is 357. The van der Waals surface area contributed by atoms with Gasteiger partial charge in [-0.15, -0.1) is 0 Å². The summed E-state index contributed by atoms with van der Waals surface area (Å²) >= 11 is 5.58. The van der Waals surface area contributed by atoms with Crippen LogP contribution in [0.2, 0.25) is 5.02 Å². The molecule has 0 heterocycles. The van der Waals surface area contributed by atoms with Crippen molar-refractivity contribution >= 4 is 17.5 Å². The molecule has 1 aromatic rings. The van der Waals surface area contributed by atoms with Crippen LogP contribution in [0.25, 0.3) is 0 Å². The lowest BCUT2D eigenvalue weighted by atomic mass is 10.1. The van der Waals surface area contributed by atoms with Gasteiger partial charge in [-0.25, -0.2) is 4.39 Å². The summed E-state index contributed by atoms with van der Waals surface area (Å²) in [6.07, 6.45) is 0.547. The van der Waals surface area contributed by atoms with E-state index in [4.69, 9.17) is 16.7 Å². The third kappa shape index (κ3) is 3.85. The molecule has 0 saturated carbocycles. The predicted octanol–water partition coefficient (Wildman–Crippen LogP) is 1.13. The van der Waals surface area contributed by atoms with E-state index in [1.54, 1.807) is 6.07 Å². The van der Waals surface area contributed by atoms with Gasteiger partial charge in [0, 0.05) is 6.54 Å². The molecule has 1 aromatic carbocycles. The lowest BCUT2D eigenvalue weighted by Gasteiger charge is -2.04. The average molecular weight is 232 g/mol. The quantitative estimate of drug-likeness (QED) is 0.816. The number of halogens is 2. The molecule has 0 spiro atoms. The summed E-state index contributed by atoms with van der Waals surface area (Å²) in [7, 11) is 0. The lowest BCUT2D eigenvalue weighted by molar-refractivity contribution is -0.123. The SMILES string of the molecule is O=C(CO)NCCc1ccc(F)c(Cl)c1. The number of carbonyl (C=O) groups is 1. The maximum absolute atomic E-state index is 12.8. The molecule has 0 atom stereocenters. The zero-order valence-electron chi connectivity index (χ0n) is 7.96. The minimum Gasteiger partial charge on any atom is -0.387 e. The first-order valence-electron chi connectivity index (χ1n) is 4.45. The van der Waals surface area contributed by atoms with Crippen LogP contribution in [-0.4, -0.2) is 24.2 Å². The number of carbonyl (C=O) groups excluding carboxylic acids is 1.